The van der Waals surface area contributed by atoms with Crippen molar-refractivity contribution in [3.63, 3.8) is 0 Å². The molecule has 0 unspecified atom stereocenters. The van der Waals surface area contributed by atoms with Gasteiger partial charge in [-0.3, -0.25) is 9.59 Å². The van der Waals surface area contributed by atoms with Crippen LogP contribution in [0.25, 0.3) is 0 Å². The molecule has 0 fully saturated rings. The van der Waals surface area contributed by atoms with E-state index in [-0.39, 0.29) is 12.2 Å². The van der Waals surface area contributed by atoms with Gasteiger partial charge in [-0.05, 0) is 32.0 Å². The highest BCUT2D eigenvalue weighted by molar-refractivity contribution is 5.99. The lowest BCUT2D eigenvalue weighted by Crippen LogP contribution is -2.53. The lowest BCUT2D eigenvalue weighted by Gasteiger charge is -2.22. The van der Waals surface area contributed by atoms with Gasteiger partial charge < -0.3 is 16.2 Å². The van der Waals surface area contributed by atoms with E-state index in [9.17, 15) is 14.0 Å². The third kappa shape index (κ3) is 3.80. The topological polar surface area (TPSA) is 92.4 Å². The van der Waals surface area contributed by atoms with E-state index >= 15 is 0 Å². The number of halogens is 1. The summed E-state index contributed by atoms with van der Waals surface area (Å²) in [5, 5.41) is 10.9. The first kappa shape index (κ1) is 15.7. The summed E-state index contributed by atoms with van der Waals surface area (Å²) < 4.78 is 13.6. The van der Waals surface area contributed by atoms with Crippen LogP contribution in [0.15, 0.2) is 18.2 Å². The minimum Gasteiger partial charge on any atom is -0.384 e. The van der Waals surface area contributed by atoms with Crippen molar-refractivity contribution < 1.29 is 19.1 Å². The monoisotopic (exact) mass is 278 g/mol. The predicted octanol–water partition coefficient (Wildman–Crippen LogP) is 0.163. The third-order valence-corrected chi connectivity index (χ3v) is 2.56. The van der Waals surface area contributed by atoms with Gasteiger partial charge >= 0.3 is 0 Å². The van der Waals surface area contributed by atoms with E-state index in [1.54, 1.807) is 0 Å². The van der Waals surface area contributed by atoms with E-state index in [4.69, 9.17) is 10.8 Å². The van der Waals surface area contributed by atoms with E-state index in [1.165, 1.54) is 26.0 Å². The summed E-state index contributed by atoms with van der Waals surface area (Å²) in [6.45, 7) is 2.49. The number of aliphatic hydroxyl groups excluding tert-OH is 1. The molecular formula is C14H15FN2O3. The smallest absolute Gasteiger partial charge is 0.255 e. The Balaban J connectivity index is 3.06. The van der Waals surface area contributed by atoms with E-state index in [0.29, 0.717) is 5.56 Å². The molecule has 0 heterocycles. The van der Waals surface area contributed by atoms with Crippen LogP contribution < -0.4 is 11.1 Å². The van der Waals surface area contributed by atoms with Crippen LogP contribution in [0.3, 0.4) is 0 Å². The Morgan fingerprint density at radius 3 is 2.65 bits per heavy atom. The maximum absolute atomic E-state index is 13.6. The van der Waals surface area contributed by atoms with Crippen molar-refractivity contribution in [1.82, 2.24) is 5.32 Å². The molecule has 0 spiro atoms. The molecule has 1 aromatic rings. The van der Waals surface area contributed by atoms with E-state index < -0.39 is 23.2 Å². The molecule has 0 bridgehead atoms. The summed E-state index contributed by atoms with van der Waals surface area (Å²) in [7, 11) is 0. The molecule has 0 aliphatic rings. The molecule has 1 aromatic carbocycles. The predicted molar refractivity (Wildman–Crippen MR) is 71.1 cm³/mol. The number of nitrogens with two attached hydrogens (primary N) is 1. The quantitative estimate of drug-likeness (QED) is 0.688. The molecule has 106 valence electrons. The maximum atomic E-state index is 13.6. The number of nitrogens with one attached hydrogen (secondary N) is 1. The summed E-state index contributed by atoms with van der Waals surface area (Å²) in [5.74, 6) is 2.72. The Bertz CT molecular complexity index is 600. The summed E-state index contributed by atoms with van der Waals surface area (Å²) in [6.07, 6.45) is 0. The van der Waals surface area contributed by atoms with Crippen LogP contribution in [0, 0.1) is 17.7 Å². The highest BCUT2D eigenvalue weighted by atomic mass is 19.1. The van der Waals surface area contributed by atoms with Gasteiger partial charge in [-0.15, -0.1) is 0 Å². The highest BCUT2D eigenvalue weighted by Gasteiger charge is 2.28. The summed E-state index contributed by atoms with van der Waals surface area (Å²) in [5.41, 5.74) is 3.97. The molecule has 1 rings (SSSR count). The number of rotatable bonds is 3. The van der Waals surface area contributed by atoms with E-state index in [0.717, 1.165) is 6.07 Å². The maximum Gasteiger partial charge on any atom is 0.255 e. The van der Waals surface area contributed by atoms with Crippen LogP contribution in [0.2, 0.25) is 0 Å². The zero-order valence-corrected chi connectivity index (χ0v) is 11.2. The van der Waals surface area contributed by atoms with Crippen LogP contribution >= 0.6 is 0 Å². The van der Waals surface area contributed by atoms with Crippen molar-refractivity contribution in [2.24, 2.45) is 5.73 Å². The average Bonchev–Trinajstić information content (AvgIpc) is 2.37. The minimum atomic E-state index is -1.30. The van der Waals surface area contributed by atoms with Gasteiger partial charge in [0.15, 0.2) is 0 Å². The van der Waals surface area contributed by atoms with Crippen molar-refractivity contribution >= 4 is 11.8 Å². The molecule has 2 amide bonds. The Kier molecular flexibility index (Phi) is 4.83. The molecule has 0 aromatic heterocycles. The third-order valence-electron chi connectivity index (χ3n) is 2.56. The lowest BCUT2D eigenvalue weighted by atomic mass is 10.0. The van der Waals surface area contributed by atoms with Crippen molar-refractivity contribution in [3.05, 3.63) is 35.1 Å². The first-order valence-corrected chi connectivity index (χ1v) is 5.79. The molecule has 0 atom stereocenters. The zero-order chi connectivity index (χ0) is 15.3. The van der Waals surface area contributed by atoms with Gasteiger partial charge in [0.1, 0.15) is 18.0 Å². The number of carbonyl (C=O) groups is 2. The van der Waals surface area contributed by atoms with Crippen LogP contribution in [0.1, 0.15) is 29.8 Å². The SMILES string of the molecule is CC(C)(NC(=O)c1cc(C#CCO)ccc1F)C(N)=O. The molecule has 20 heavy (non-hydrogen) atoms. The minimum absolute atomic E-state index is 0.246. The molecule has 4 N–H and O–H groups in total. The van der Waals surface area contributed by atoms with Crippen LogP contribution in [0.4, 0.5) is 4.39 Å². The second kappa shape index (κ2) is 6.17. The first-order valence-electron chi connectivity index (χ1n) is 5.79. The Hall–Kier alpha value is -2.39. The Morgan fingerprint density at radius 2 is 2.10 bits per heavy atom. The summed E-state index contributed by atoms with van der Waals surface area (Å²) in [4.78, 5) is 23.1. The van der Waals surface area contributed by atoms with Gasteiger partial charge in [0.25, 0.3) is 5.91 Å². The number of hydrogen-bond acceptors (Lipinski definition) is 3. The van der Waals surface area contributed by atoms with E-state index in [2.05, 4.69) is 17.2 Å². The van der Waals surface area contributed by atoms with Crippen molar-refractivity contribution in [1.29, 1.82) is 0 Å². The number of aliphatic hydroxyl groups is 1. The molecular weight excluding hydrogens is 263 g/mol. The fourth-order valence-corrected chi connectivity index (χ4v) is 1.33. The van der Waals surface area contributed by atoms with Crippen LogP contribution in [0.5, 0.6) is 0 Å². The van der Waals surface area contributed by atoms with Gasteiger partial charge in [-0.1, -0.05) is 11.8 Å². The van der Waals surface area contributed by atoms with Gasteiger partial charge in [0.05, 0.1) is 5.56 Å². The normalized spacial score (nSPS) is 10.4. The van der Waals surface area contributed by atoms with Crippen LogP contribution in [-0.4, -0.2) is 29.1 Å². The number of amides is 2. The summed E-state index contributed by atoms with van der Waals surface area (Å²) >= 11 is 0. The average molecular weight is 278 g/mol. The fraction of sp³-hybridized carbons (Fsp3) is 0.286. The van der Waals surface area contributed by atoms with E-state index in [1.807, 2.05) is 0 Å². The van der Waals surface area contributed by atoms with Crippen molar-refractivity contribution in [2.45, 2.75) is 19.4 Å². The van der Waals surface area contributed by atoms with Crippen molar-refractivity contribution in [2.75, 3.05) is 6.61 Å². The standard InChI is InChI=1S/C14H15FN2O3/c1-14(2,13(16)20)17-12(19)10-8-9(4-3-7-18)5-6-11(10)15/h5-6,8,18H,7H2,1-2H3,(H2,16,20)(H,17,19). The lowest BCUT2D eigenvalue weighted by molar-refractivity contribution is -0.122. The summed E-state index contributed by atoms with van der Waals surface area (Å²) in [6, 6.07) is 3.71. The molecule has 0 saturated heterocycles. The Morgan fingerprint density at radius 1 is 1.45 bits per heavy atom. The molecule has 0 saturated carbocycles. The molecule has 0 aliphatic heterocycles. The molecule has 5 nitrogen and oxygen atoms in total. The molecule has 6 heteroatoms. The fourth-order valence-electron chi connectivity index (χ4n) is 1.33. The first-order chi connectivity index (χ1) is 9.27. The second-order valence-electron chi connectivity index (χ2n) is 4.60. The van der Waals surface area contributed by atoms with Gasteiger partial charge in [0, 0.05) is 5.56 Å². The Labute approximate surface area is 116 Å². The molecule has 0 radical (unpaired) electrons. The number of hydrogen-bond donors (Lipinski definition) is 3. The highest BCUT2D eigenvalue weighted by Crippen LogP contribution is 2.12. The molecule has 0 aliphatic carbocycles. The van der Waals surface area contributed by atoms with Crippen molar-refractivity contribution in [3.8, 4) is 11.8 Å². The number of benzene rings is 1. The number of carbonyl (C=O) groups excluding carboxylic acids is 2. The largest absolute Gasteiger partial charge is 0.384 e. The second-order valence-corrected chi connectivity index (χ2v) is 4.60. The van der Waals surface area contributed by atoms with Crippen LogP contribution in [-0.2, 0) is 4.79 Å². The van der Waals surface area contributed by atoms with Gasteiger partial charge in [-0.2, -0.15) is 0 Å². The van der Waals surface area contributed by atoms with Gasteiger partial charge in [-0.25, -0.2) is 4.39 Å². The zero-order valence-electron chi connectivity index (χ0n) is 11.2. The number of primary amides is 1. The van der Waals surface area contributed by atoms with Gasteiger partial charge in [0.2, 0.25) is 5.91 Å².